The van der Waals surface area contributed by atoms with Crippen LogP contribution in [0.4, 0.5) is 5.69 Å². The molecule has 2 rings (SSSR count). The molecule has 2 aromatic carbocycles. The number of amides is 3. The Morgan fingerprint density at radius 1 is 0.923 bits per heavy atom. The summed E-state index contributed by atoms with van der Waals surface area (Å²) in [6, 6.07) is 13.3. The van der Waals surface area contributed by atoms with E-state index in [-0.39, 0.29) is 11.8 Å². The summed E-state index contributed by atoms with van der Waals surface area (Å²) in [5, 5.41) is 2.77. The lowest BCUT2D eigenvalue weighted by Crippen LogP contribution is -2.41. The van der Waals surface area contributed by atoms with Crippen LogP contribution in [-0.4, -0.2) is 17.7 Å². The highest BCUT2D eigenvalue weighted by Crippen LogP contribution is 2.15. The summed E-state index contributed by atoms with van der Waals surface area (Å²) in [5.41, 5.74) is 6.12. The maximum absolute atomic E-state index is 12.1. The summed E-state index contributed by atoms with van der Waals surface area (Å²) in [7, 11) is 0. The highest BCUT2D eigenvalue weighted by Gasteiger charge is 2.12. The van der Waals surface area contributed by atoms with E-state index < -0.39 is 11.8 Å². The van der Waals surface area contributed by atoms with E-state index >= 15 is 0 Å². The van der Waals surface area contributed by atoms with Crippen LogP contribution in [0.1, 0.15) is 41.0 Å². The van der Waals surface area contributed by atoms with Gasteiger partial charge in [-0.2, -0.15) is 0 Å². The molecule has 0 atom stereocenters. The molecule has 0 saturated carbocycles. The van der Waals surface area contributed by atoms with Gasteiger partial charge in [-0.15, -0.1) is 0 Å². The number of hydrazine groups is 1. The Morgan fingerprint density at radius 3 is 2.15 bits per heavy atom. The second-order valence-electron chi connectivity index (χ2n) is 6.11. The average molecular weight is 418 g/mol. The minimum absolute atomic E-state index is 0.0714. The van der Waals surface area contributed by atoms with Crippen LogP contribution in [0.25, 0.3) is 0 Å². The molecule has 136 valence electrons. The van der Waals surface area contributed by atoms with Crippen molar-refractivity contribution in [2.45, 2.75) is 20.3 Å². The van der Waals surface area contributed by atoms with Crippen molar-refractivity contribution in [2.24, 2.45) is 5.92 Å². The highest BCUT2D eigenvalue weighted by molar-refractivity contribution is 9.10. The van der Waals surface area contributed by atoms with Crippen molar-refractivity contribution < 1.29 is 14.4 Å². The van der Waals surface area contributed by atoms with Gasteiger partial charge < -0.3 is 5.32 Å². The first-order valence-electron chi connectivity index (χ1n) is 8.12. The Balaban J connectivity index is 1.91. The average Bonchev–Trinajstić information content (AvgIpc) is 2.59. The molecule has 0 bridgehead atoms. The third-order valence-corrected chi connectivity index (χ3v) is 4.12. The lowest BCUT2D eigenvalue weighted by Gasteiger charge is -2.10. The molecule has 0 unspecified atom stereocenters. The number of halogens is 1. The molecule has 26 heavy (non-hydrogen) atoms. The Morgan fingerprint density at radius 2 is 1.54 bits per heavy atom. The third-order valence-electron chi connectivity index (χ3n) is 3.43. The number of nitrogens with one attached hydrogen (secondary N) is 3. The molecule has 6 nitrogen and oxygen atoms in total. The van der Waals surface area contributed by atoms with Gasteiger partial charge in [-0.1, -0.05) is 26.0 Å². The van der Waals surface area contributed by atoms with Crippen LogP contribution in [0.15, 0.2) is 53.0 Å². The van der Waals surface area contributed by atoms with Crippen molar-refractivity contribution in [3.05, 3.63) is 64.1 Å². The van der Waals surface area contributed by atoms with E-state index in [2.05, 4.69) is 32.1 Å². The first kappa shape index (κ1) is 19.7. The summed E-state index contributed by atoms with van der Waals surface area (Å²) >= 11 is 3.28. The number of benzene rings is 2. The molecule has 0 aliphatic heterocycles. The molecule has 3 N–H and O–H groups in total. The lowest BCUT2D eigenvalue weighted by molar-refractivity contribution is -0.116. The second-order valence-corrected chi connectivity index (χ2v) is 6.97. The highest BCUT2D eigenvalue weighted by atomic mass is 79.9. The summed E-state index contributed by atoms with van der Waals surface area (Å²) in [6.07, 6.45) is 0.434. The fraction of sp³-hybridized carbons (Fsp3) is 0.211. The number of anilines is 1. The Bertz CT molecular complexity index is 804. The number of hydrogen-bond acceptors (Lipinski definition) is 3. The van der Waals surface area contributed by atoms with Gasteiger partial charge in [-0.05, 0) is 58.2 Å². The standard InChI is InChI=1S/C19H20BrN3O3/c1-12(2)11-17(24)21-14-9-7-13(8-10-14)18(25)22-23-19(26)15-5-3-4-6-16(15)20/h3-10,12H,11H2,1-2H3,(H,21,24)(H,22,25)(H,23,26). The minimum Gasteiger partial charge on any atom is -0.326 e. The van der Waals surface area contributed by atoms with Gasteiger partial charge in [0.2, 0.25) is 5.91 Å². The van der Waals surface area contributed by atoms with Crippen molar-refractivity contribution in [2.75, 3.05) is 5.32 Å². The van der Waals surface area contributed by atoms with Crippen LogP contribution in [0, 0.1) is 5.92 Å². The molecule has 0 aliphatic carbocycles. The number of rotatable bonds is 5. The topological polar surface area (TPSA) is 87.3 Å². The van der Waals surface area contributed by atoms with Gasteiger partial charge in [0.25, 0.3) is 11.8 Å². The number of carbonyl (C=O) groups is 3. The van der Waals surface area contributed by atoms with Crippen molar-refractivity contribution >= 4 is 39.3 Å². The van der Waals surface area contributed by atoms with Gasteiger partial charge in [0.05, 0.1) is 5.56 Å². The van der Waals surface area contributed by atoms with E-state index in [1.165, 1.54) is 0 Å². The molecule has 2 aromatic rings. The monoisotopic (exact) mass is 417 g/mol. The summed E-state index contributed by atoms with van der Waals surface area (Å²) in [4.78, 5) is 35.9. The molecule has 0 radical (unpaired) electrons. The normalized spacial score (nSPS) is 10.3. The van der Waals surface area contributed by atoms with Gasteiger partial charge in [0.1, 0.15) is 0 Å². The minimum atomic E-state index is -0.453. The van der Waals surface area contributed by atoms with Crippen LogP contribution in [0.3, 0.4) is 0 Å². The molecule has 0 aromatic heterocycles. The largest absolute Gasteiger partial charge is 0.326 e. The molecular formula is C19H20BrN3O3. The second kappa shape index (κ2) is 9.15. The van der Waals surface area contributed by atoms with Gasteiger partial charge >= 0.3 is 0 Å². The predicted molar refractivity (Wildman–Crippen MR) is 104 cm³/mol. The molecule has 0 saturated heterocycles. The smallest absolute Gasteiger partial charge is 0.270 e. The van der Waals surface area contributed by atoms with Crippen LogP contribution >= 0.6 is 15.9 Å². The van der Waals surface area contributed by atoms with Crippen molar-refractivity contribution in [3.63, 3.8) is 0 Å². The zero-order valence-electron chi connectivity index (χ0n) is 14.5. The van der Waals surface area contributed by atoms with E-state index in [9.17, 15) is 14.4 Å². The van der Waals surface area contributed by atoms with Gasteiger partial charge in [0, 0.05) is 22.1 Å². The van der Waals surface area contributed by atoms with Crippen LogP contribution < -0.4 is 16.2 Å². The van der Waals surface area contributed by atoms with E-state index in [0.29, 0.717) is 27.7 Å². The molecule has 0 spiro atoms. The molecule has 0 fully saturated rings. The lowest BCUT2D eigenvalue weighted by atomic mass is 10.1. The van der Waals surface area contributed by atoms with E-state index in [1.807, 2.05) is 13.8 Å². The van der Waals surface area contributed by atoms with Gasteiger partial charge in [-0.3, -0.25) is 25.2 Å². The maximum atomic E-state index is 12.1. The van der Waals surface area contributed by atoms with E-state index in [4.69, 9.17) is 0 Å². The number of hydrogen-bond donors (Lipinski definition) is 3. The Hall–Kier alpha value is -2.67. The van der Waals surface area contributed by atoms with Gasteiger partial charge in [-0.25, -0.2) is 0 Å². The summed E-state index contributed by atoms with van der Waals surface area (Å²) in [5.74, 6) is -0.680. The van der Waals surface area contributed by atoms with E-state index in [1.54, 1.807) is 48.5 Å². The molecule has 0 aliphatic rings. The molecule has 3 amide bonds. The summed E-state index contributed by atoms with van der Waals surface area (Å²) < 4.78 is 0.633. The Labute approximate surface area is 160 Å². The maximum Gasteiger partial charge on any atom is 0.270 e. The zero-order chi connectivity index (χ0) is 19.1. The molecular weight excluding hydrogens is 398 g/mol. The third kappa shape index (κ3) is 5.70. The molecule has 0 heterocycles. The number of carbonyl (C=O) groups excluding carboxylic acids is 3. The first-order valence-corrected chi connectivity index (χ1v) is 8.91. The Kier molecular flexibility index (Phi) is 6.91. The summed E-state index contributed by atoms with van der Waals surface area (Å²) in [6.45, 7) is 3.94. The fourth-order valence-corrected chi connectivity index (χ4v) is 2.65. The van der Waals surface area contributed by atoms with Crippen molar-refractivity contribution in [1.29, 1.82) is 0 Å². The zero-order valence-corrected chi connectivity index (χ0v) is 16.1. The van der Waals surface area contributed by atoms with Crippen LogP contribution in [0.2, 0.25) is 0 Å². The van der Waals surface area contributed by atoms with Crippen LogP contribution in [0.5, 0.6) is 0 Å². The van der Waals surface area contributed by atoms with Crippen molar-refractivity contribution in [3.8, 4) is 0 Å². The van der Waals surface area contributed by atoms with Crippen molar-refractivity contribution in [1.82, 2.24) is 10.9 Å². The van der Waals surface area contributed by atoms with E-state index in [0.717, 1.165) is 0 Å². The quantitative estimate of drug-likeness (QED) is 0.650. The predicted octanol–water partition coefficient (Wildman–Crippen LogP) is 3.51. The van der Waals surface area contributed by atoms with Crippen LogP contribution in [-0.2, 0) is 4.79 Å². The first-order chi connectivity index (χ1) is 12.4. The fourth-order valence-electron chi connectivity index (χ4n) is 2.19. The SMILES string of the molecule is CC(C)CC(=O)Nc1ccc(C(=O)NNC(=O)c2ccccc2Br)cc1. The molecule has 7 heteroatoms. The van der Waals surface area contributed by atoms with Gasteiger partial charge in [0.15, 0.2) is 0 Å².